The van der Waals surface area contributed by atoms with E-state index in [1.165, 1.54) is 0 Å². The van der Waals surface area contributed by atoms with Crippen molar-refractivity contribution in [2.75, 3.05) is 12.3 Å². The second kappa shape index (κ2) is 5.95. The van der Waals surface area contributed by atoms with Crippen LogP contribution >= 0.6 is 35.0 Å². The van der Waals surface area contributed by atoms with Gasteiger partial charge in [0.05, 0.1) is 10.0 Å². The molecule has 0 radical (unpaired) electrons. The van der Waals surface area contributed by atoms with Crippen LogP contribution in [-0.2, 0) is 4.79 Å². The molecule has 3 nitrogen and oxygen atoms in total. The van der Waals surface area contributed by atoms with Gasteiger partial charge < -0.3 is 0 Å². The van der Waals surface area contributed by atoms with E-state index in [2.05, 4.69) is 4.99 Å². The average Bonchev–Trinajstić information content (AvgIpc) is 2.81. The molecule has 18 heavy (non-hydrogen) atoms. The van der Waals surface area contributed by atoms with Crippen molar-refractivity contribution in [3.05, 3.63) is 28.2 Å². The van der Waals surface area contributed by atoms with Crippen LogP contribution in [-0.4, -0.2) is 28.3 Å². The van der Waals surface area contributed by atoms with Crippen molar-refractivity contribution in [3.8, 4) is 0 Å². The number of rotatable bonds is 2. The molecule has 96 valence electrons. The molecule has 1 aliphatic heterocycles. The molecular formula is C12H12Cl2N2OS. The molecule has 1 aliphatic rings. The van der Waals surface area contributed by atoms with Gasteiger partial charge in [-0.15, -0.1) is 0 Å². The molecule has 0 unspecified atom stereocenters. The van der Waals surface area contributed by atoms with Gasteiger partial charge in [-0.3, -0.25) is 9.69 Å². The lowest BCUT2D eigenvalue weighted by atomic mass is 10.3. The first kappa shape index (κ1) is 13.7. The van der Waals surface area contributed by atoms with Crippen molar-refractivity contribution in [2.24, 2.45) is 4.99 Å². The van der Waals surface area contributed by atoms with Crippen molar-refractivity contribution in [1.82, 2.24) is 4.90 Å². The van der Waals surface area contributed by atoms with Gasteiger partial charge in [-0.25, -0.2) is 4.99 Å². The summed E-state index contributed by atoms with van der Waals surface area (Å²) >= 11 is 13.7. The predicted octanol–water partition coefficient (Wildman–Crippen LogP) is 3.97. The molecule has 2 rings (SSSR count). The standard InChI is InChI=1S/C12H12Cl2N2OS/c1-2-10(17)16-6-7-18-12(16)15-11-8(13)4-3-5-9(11)14/h3-5H,2,6-7H2,1H3. The number of benzene rings is 1. The van der Waals surface area contributed by atoms with Gasteiger partial charge in [0.15, 0.2) is 5.17 Å². The topological polar surface area (TPSA) is 32.7 Å². The van der Waals surface area contributed by atoms with E-state index in [9.17, 15) is 4.79 Å². The van der Waals surface area contributed by atoms with Crippen molar-refractivity contribution in [3.63, 3.8) is 0 Å². The Bertz CT molecular complexity index is 485. The summed E-state index contributed by atoms with van der Waals surface area (Å²) in [7, 11) is 0. The molecule has 1 amide bonds. The normalized spacial score (nSPS) is 17.5. The molecule has 0 N–H and O–H groups in total. The molecule has 1 saturated heterocycles. The number of para-hydroxylation sites is 1. The van der Waals surface area contributed by atoms with Gasteiger partial charge in [0.2, 0.25) is 5.91 Å². The highest BCUT2D eigenvalue weighted by Gasteiger charge is 2.25. The van der Waals surface area contributed by atoms with Crippen molar-refractivity contribution in [2.45, 2.75) is 13.3 Å². The first-order valence-corrected chi connectivity index (χ1v) is 7.33. The summed E-state index contributed by atoms with van der Waals surface area (Å²) in [6, 6.07) is 5.24. The smallest absolute Gasteiger partial charge is 0.228 e. The maximum absolute atomic E-state index is 11.8. The van der Waals surface area contributed by atoms with Crippen LogP contribution in [0.5, 0.6) is 0 Å². The summed E-state index contributed by atoms with van der Waals surface area (Å²) in [5, 5.41) is 1.66. The first-order valence-electron chi connectivity index (χ1n) is 5.59. The molecule has 0 spiro atoms. The minimum absolute atomic E-state index is 0.0712. The van der Waals surface area contributed by atoms with Crippen molar-refractivity contribution < 1.29 is 4.79 Å². The highest BCUT2D eigenvalue weighted by atomic mass is 35.5. The number of hydrogen-bond donors (Lipinski definition) is 0. The Morgan fingerprint density at radius 2 is 2.11 bits per heavy atom. The van der Waals surface area contributed by atoms with Gasteiger partial charge in [0.25, 0.3) is 0 Å². The summed E-state index contributed by atoms with van der Waals surface area (Å²) < 4.78 is 0. The van der Waals surface area contributed by atoms with Crippen LogP contribution in [0.1, 0.15) is 13.3 Å². The third-order valence-electron chi connectivity index (χ3n) is 2.53. The lowest BCUT2D eigenvalue weighted by Gasteiger charge is -2.14. The van der Waals surface area contributed by atoms with Crippen LogP contribution < -0.4 is 0 Å². The maximum Gasteiger partial charge on any atom is 0.228 e. The van der Waals surface area contributed by atoms with Gasteiger partial charge in [-0.1, -0.05) is 48.0 Å². The molecule has 1 heterocycles. The van der Waals surface area contributed by atoms with E-state index in [1.54, 1.807) is 34.9 Å². The minimum atomic E-state index is 0.0712. The molecule has 0 saturated carbocycles. The number of aliphatic imine (C=N–C) groups is 1. The van der Waals surface area contributed by atoms with Crippen LogP contribution in [0.3, 0.4) is 0 Å². The van der Waals surface area contributed by atoms with E-state index in [-0.39, 0.29) is 5.91 Å². The maximum atomic E-state index is 11.8. The van der Waals surface area contributed by atoms with Crippen molar-refractivity contribution in [1.29, 1.82) is 0 Å². The lowest BCUT2D eigenvalue weighted by Crippen LogP contribution is -2.30. The fourth-order valence-electron chi connectivity index (χ4n) is 1.61. The number of nitrogens with zero attached hydrogens (tertiary/aromatic N) is 2. The largest absolute Gasteiger partial charge is 0.290 e. The van der Waals surface area contributed by atoms with E-state index in [1.807, 2.05) is 6.92 Å². The number of carbonyl (C=O) groups excluding carboxylic acids is 1. The fraction of sp³-hybridized carbons (Fsp3) is 0.333. The van der Waals surface area contributed by atoms with Crippen LogP contribution in [0, 0.1) is 0 Å². The van der Waals surface area contributed by atoms with E-state index in [4.69, 9.17) is 23.2 Å². The van der Waals surface area contributed by atoms with E-state index in [0.29, 0.717) is 33.9 Å². The molecule has 0 aromatic heterocycles. The zero-order valence-electron chi connectivity index (χ0n) is 9.82. The Morgan fingerprint density at radius 3 is 2.72 bits per heavy atom. The first-order chi connectivity index (χ1) is 8.63. The number of amides is 1. The van der Waals surface area contributed by atoms with Crippen LogP contribution in [0.15, 0.2) is 23.2 Å². The molecule has 0 aliphatic carbocycles. The summed E-state index contributed by atoms with van der Waals surface area (Å²) in [6.07, 6.45) is 0.468. The molecule has 6 heteroatoms. The fourth-order valence-corrected chi connectivity index (χ4v) is 3.05. The van der Waals surface area contributed by atoms with Gasteiger partial charge in [-0.2, -0.15) is 0 Å². The Morgan fingerprint density at radius 1 is 1.44 bits per heavy atom. The summed E-state index contributed by atoms with van der Waals surface area (Å²) in [5.41, 5.74) is 0.527. The molecule has 1 aromatic rings. The van der Waals surface area contributed by atoms with Crippen LogP contribution in [0.25, 0.3) is 0 Å². The minimum Gasteiger partial charge on any atom is -0.290 e. The van der Waals surface area contributed by atoms with E-state index >= 15 is 0 Å². The molecular weight excluding hydrogens is 291 g/mol. The summed E-state index contributed by atoms with van der Waals surface area (Å²) in [5.74, 6) is 0.925. The summed E-state index contributed by atoms with van der Waals surface area (Å²) in [4.78, 5) is 17.9. The van der Waals surface area contributed by atoms with Gasteiger partial charge in [0.1, 0.15) is 5.69 Å². The second-order valence-electron chi connectivity index (χ2n) is 3.71. The van der Waals surface area contributed by atoms with Crippen LogP contribution in [0.4, 0.5) is 5.69 Å². The Labute approximate surface area is 120 Å². The third-order valence-corrected chi connectivity index (χ3v) is 4.09. The van der Waals surface area contributed by atoms with Crippen molar-refractivity contribution >= 4 is 51.7 Å². The molecule has 1 fully saturated rings. The monoisotopic (exact) mass is 302 g/mol. The summed E-state index contributed by atoms with van der Waals surface area (Å²) in [6.45, 7) is 2.53. The highest BCUT2D eigenvalue weighted by Crippen LogP contribution is 2.34. The SMILES string of the molecule is CCC(=O)N1CCSC1=Nc1c(Cl)cccc1Cl. The van der Waals surface area contributed by atoms with Gasteiger partial charge in [0, 0.05) is 18.7 Å². The number of amidine groups is 1. The Kier molecular flexibility index (Phi) is 4.54. The lowest BCUT2D eigenvalue weighted by molar-refractivity contribution is -0.126. The predicted molar refractivity (Wildman–Crippen MR) is 78.0 cm³/mol. The zero-order valence-corrected chi connectivity index (χ0v) is 12.1. The van der Waals surface area contributed by atoms with Crippen LogP contribution in [0.2, 0.25) is 10.0 Å². The number of hydrogen-bond acceptors (Lipinski definition) is 3. The number of carbonyl (C=O) groups is 1. The number of halogens is 2. The zero-order chi connectivity index (χ0) is 13.1. The Balaban J connectivity index is 2.35. The van der Waals surface area contributed by atoms with E-state index < -0.39 is 0 Å². The molecule has 1 aromatic carbocycles. The average molecular weight is 303 g/mol. The molecule has 0 atom stereocenters. The highest BCUT2D eigenvalue weighted by molar-refractivity contribution is 8.14. The van der Waals surface area contributed by atoms with Gasteiger partial charge >= 0.3 is 0 Å². The van der Waals surface area contributed by atoms with E-state index in [0.717, 1.165) is 5.75 Å². The van der Waals surface area contributed by atoms with Gasteiger partial charge in [-0.05, 0) is 12.1 Å². The number of thioether (sulfide) groups is 1. The Hall–Kier alpha value is -0.710. The third kappa shape index (κ3) is 2.82. The quantitative estimate of drug-likeness (QED) is 0.828. The molecule has 0 bridgehead atoms. The second-order valence-corrected chi connectivity index (χ2v) is 5.59.